The first-order chi connectivity index (χ1) is 11.0. The van der Waals surface area contributed by atoms with Crippen LogP contribution in [0, 0.1) is 5.92 Å². The molecule has 1 aromatic rings. The molecular formula is C16H20F3NO4. The number of alkyl halides is 3. The normalized spacial score (nSPS) is 14.3. The molecule has 0 heterocycles. The summed E-state index contributed by atoms with van der Waals surface area (Å²) in [6, 6.07) is 3.01. The molecule has 0 unspecified atom stereocenters. The molecule has 8 heteroatoms. The van der Waals surface area contributed by atoms with Crippen molar-refractivity contribution < 1.29 is 33.0 Å². The van der Waals surface area contributed by atoms with E-state index >= 15 is 0 Å². The number of rotatable bonds is 7. The van der Waals surface area contributed by atoms with Crippen LogP contribution in [0.2, 0.25) is 0 Å². The maximum absolute atomic E-state index is 13.0. The van der Waals surface area contributed by atoms with E-state index in [1.165, 1.54) is 12.1 Å². The summed E-state index contributed by atoms with van der Waals surface area (Å²) in [7, 11) is 0. The van der Waals surface area contributed by atoms with E-state index in [1.807, 2.05) is 0 Å². The van der Waals surface area contributed by atoms with Crippen molar-refractivity contribution in [2.45, 2.75) is 45.0 Å². The molecule has 1 rings (SSSR count). The molecule has 0 aliphatic heterocycles. The molecular weight excluding hydrogens is 327 g/mol. The molecule has 0 aliphatic rings. The highest BCUT2D eigenvalue weighted by molar-refractivity contribution is 5.86. The summed E-state index contributed by atoms with van der Waals surface area (Å²) in [6.07, 6.45) is -6.45. The van der Waals surface area contributed by atoms with E-state index < -0.39 is 42.2 Å². The zero-order valence-electron chi connectivity index (χ0n) is 13.3. The van der Waals surface area contributed by atoms with Gasteiger partial charge in [0, 0.05) is 6.42 Å². The number of carbonyl (C=O) groups is 2. The van der Waals surface area contributed by atoms with E-state index in [9.17, 15) is 27.9 Å². The van der Waals surface area contributed by atoms with Crippen LogP contribution in [0.4, 0.5) is 13.2 Å². The van der Waals surface area contributed by atoms with Crippen LogP contribution in [-0.4, -0.2) is 34.2 Å². The maximum Gasteiger partial charge on any atom is 0.416 e. The minimum atomic E-state index is -4.62. The Bertz CT molecular complexity index is 587. The van der Waals surface area contributed by atoms with Crippen LogP contribution >= 0.6 is 0 Å². The van der Waals surface area contributed by atoms with E-state index in [1.54, 1.807) is 13.8 Å². The van der Waals surface area contributed by atoms with Crippen molar-refractivity contribution in [3.05, 3.63) is 35.4 Å². The first-order valence-corrected chi connectivity index (χ1v) is 7.38. The van der Waals surface area contributed by atoms with Crippen LogP contribution in [0.1, 0.15) is 31.4 Å². The first kappa shape index (κ1) is 20.0. The number of carboxylic acids is 1. The van der Waals surface area contributed by atoms with Gasteiger partial charge in [-0.1, -0.05) is 32.0 Å². The van der Waals surface area contributed by atoms with Crippen molar-refractivity contribution >= 4 is 11.9 Å². The van der Waals surface area contributed by atoms with Crippen LogP contribution < -0.4 is 5.32 Å². The molecule has 0 spiro atoms. The van der Waals surface area contributed by atoms with Gasteiger partial charge in [0.05, 0.1) is 5.56 Å². The van der Waals surface area contributed by atoms with Crippen molar-refractivity contribution in [1.29, 1.82) is 0 Å². The van der Waals surface area contributed by atoms with Crippen LogP contribution in [0.3, 0.4) is 0 Å². The van der Waals surface area contributed by atoms with Gasteiger partial charge in [0.2, 0.25) is 5.91 Å². The summed E-state index contributed by atoms with van der Waals surface area (Å²) in [5, 5.41) is 20.9. The fraction of sp³-hybridized carbons (Fsp3) is 0.500. The molecule has 0 bridgehead atoms. The number of hydrogen-bond acceptors (Lipinski definition) is 3. The SMILES string of the molecule is CC(C)C[C@@H](O)C(=O)N[C@@H](Cc1ccccc1C(F)(F)F)C(=O)O. The molecule has 2 atom stereocenters. The highest BCUT2D eigenvalue weighted by Crippen LogP contribution is 2.32. The van der Waals surface area contributed by atoms with Gasteiger partial charge in [-0.2, -0.15) is 13.2 Å². The van der Waals surface area contributed by atoms with Gasteiger partial charge < -0.3 is 15.5 Å². The molecule has 1 amide bonds. The number of aliphatic hydroxyl groups is 1. The number of carbonyl (C=O) groups excluding carboxylic acids is 1. The Hall–Kier alpha value is -2.09. The van der Waals surface area contributed by atoms with E-state index in [2.05, 4.69) is 5.32 Å². The molecule has 0 saturated heterocycles. The van der Waals surface area contributed by atoms with Gasteiger partial charge in [0.15, 0.2) is 0 Å². The summed E-state index contributed by atoms with van der Waals surface area (Å²) >= 11 is 0. The number of nitrogens with one attached hydrogen (secondary N) is 1. The number of carboxylic acid groups (broad SMARTS) is 1. The third kappa shape index (κ3) is 5.84. The molecule has 5 nitrogen and oxygen atoms in total. The van der Waals surface area contributed by atoms with Crippen LogP contribution in [0.5, 0.6) is 0 Å². The van der Waals surface area contributed by atoms with E-state index in [-0.39, 0.29) is 17.9 Å². The Morgan fingerprint density at radius 2 is 1.79 bits per heavy atom. The van der Waals surface area contributed by atoms with Crippen LogP contribution in [0.15, 0.2) is 24.3 Å². The standard InChI is InChI=1S/C16H20F3NO4/c1-9(2)7-13(21)14(22)20-12(15(23)24)8-10-5-3-4-6-11(10)16(17,18)19/h3-6,9,12-13,21H,7-8H2,1-2H3,(H,20,22)(H,23,24)/t12-,13+/m0/s1. The molecule has 0 aromatic heterocycles. The molecule has 3 N–H and O–H groups in total. The molecule has 0 radical (unpaired) electrons. The number of benzene rings is 1. The highest BCUT2D eigenvalue weighted by atomic mass is 19.4. The van der Waals surface area contributed by atoms with E-state index in [4.69, 9.17) is 5.11 Å². The number of halogens is 3. The van der Waals surface area contributed by atoms with E-state index in [0.717, 1.165) is 12.1 Å². The fourth-order valence-electron chi connectivity index (χ4n) is 2.22. The van der Waals surface area contributed by atoms with Gasteiger partial charge in [0.25, 0.3) is 0 Å². The van der Waals surface area contributed by atoms with E-state index in [0.29, 0.717) is 0 Å². The molecule has 134 valence electrons. The smallest absolute Gasteiger partial charge is 0.416 e. The quantitative estimate of drug-likeness (QED) is 0.706. The lowest BCUT2D eigenvalue weighted by Gasteiger charge is -2.20. The Labute approximate surface area is 137 Å². The third-order valence-corrected chi connectivity index (χ3v) is 3.36. The number of aliphatic hydroxyl groups excluding tert-OH is 1. The average Bonchev–Trinajstić information content (AvgIpc) is 2.45. The van der Waals surface area contributed by atoms with Gasteiger partial charge in [-0.25, -0.2) is 4.79 Å². The first-order valence-electron chi connectivity index (χ1n) is 7.38. The molecule has 1 aromatic carbocycles. The topological polar surface area (TPSA) is 86.6 Å². The maximum atomic E-state index is 13.0. The minimum Gasteiger partial charge on any atom is -0.480 e. The lowest BCUT2D eigenvalue weighted by molar-refractivity contribution is -0.144. The zero-order chi connectivity index (χ0) is 18.5. The second-order valence-electron chi connectivity index (χ2n) is 5.90. The zero-order valence-corrected chi connectivity index (χ0v) is 13.3. The Morgan fingerprint density at radius 1 is 1.21 bits per heavy atom. The lowest BCUT2D eigenvalue weighted by Crippen LogP contribution is -2.47. The monoisotopic (exact) mass is 347 g/mol. The van der Waals surface area contributed by atoms with Crippen molar-refractivity contribution in [2.75, 3.05) is 0 Å². The Kier molecular flexibility index (Phi) is 6.77. The molecule has 0 saturated carbocycles. The summed E-state index contributed by atoms with van der Waals surface area (Å²) in [5.41, 5.74) is -1.19. The van der Waals surface area contributed by atoms with Crippen molar-refractivity contribution in [2.24, 2.45) is 5.92 Å². The van der Waals surface area contributed by atoms with Gasteiger partial charge >= 0.3 is 12.1 Å². The largest absolute Gasteiger partial charge is 0.480 e. The second kappa shape index (κ2) is 8.14. The molecule has 24 heavy (non-hydrogen) atoms. The Balaban J connectivity index is 2.93. The second-order valence-corrected chi connectivity index (χ2v) is 5.90. The molecule has 0 fully saturated rings. The number of hydrogen-bond donors (Lipinski definition) is 3. The van der Waals surface area contributed by atoms with Gasteiger partial charge in [-0.05, 0) is 24.0 Å². The summed E-state index contributed by atoms with van der Waals surface area (Å²) in [4.78, 5) is 23.1. The van der Waals surface area contributed by atoms with Gasteiger partial charge in [-0.3, -0.25) is 4.79 Å². The molecule has 0 aliphatic carbocycles. The van der Waals surface area contributed by atoms with Gasteiger partial charge in [0.1, 0.15) is 12.1 Å². The van der Waals surface area contributed by atoms with Crippen molar-refractivity contribution in [3.63, 3.8) is 0 Å². The summed E-state index contributed by atoms with van der Waals surface area (Å²) in [5.74, 6) is -2.39. The lowest BCUT2D eigenvalue weighted by atomic mass is 9.99. The average molecular weight is 347 g/mol. The predicted octanol–water partition coefficient (Wildman–Crippen LogP) is 2.22. The van der Waals surface area contributed by atoms with Crippen molar-refractivity contribution in [1.82, 2.24) is 5.32 Å². The fourth-order valence-corrected chi connectivity index (χ4v) is 2.22. The van der Waals surface area contributed by atoms with Gasteiger partial charge in [-0.15, -0.1) is 0 Å². The third-order valence-electron chi connectivity index (χ3n) is 3.36. The Morgan fingerprint density at radius 3 is 2.29 bits per heavy atom. The highest BCUT2D eigenvalue weighted by Gasteiger charge is 2.34. The van der Waals surface area contributed by atoms with Crippen LogP contribution in [0.25, 0.3) is 0 Å². The summed E-state index contributed by atoms with van der Waals surface area (Å²) < 4.78 is 38.9. The predicted molar refractivity (Wildman–Crippen MR) is 80.2 cm³/mol. The number of amides is 1. The van der Waals surface area contributed by atoms with Crippen molar-refractivity contribution in [3.8, 4) is 0 Å². The number of aliphatic carboxylic acids is 1. The van der Waals surface area contributed by atoms with Crippen LogP contribution in [-0.2, 0) is 22.2 Å². The summed E-state index contributed by atoms with van der Waals surface area (Å²) in [6.45, 7) is 3.54. The minimum absolute atomic E-state index is 0.0000153.